The molecule has 0 saturated heterocycles. The Morgan fingerprint density at radius 3 is 1.38 bits per heavy atom. The number of ether oxygens (including phenoxy) is 2. The summed E-state index contributed by atoms with van der Waals surface area (Å²) in [5, 5.41) is 25.3. The molecule has 2 N–H and O–H groups in total. The predicted molar refractivity (Wildman–Crippen MR) is 149 cm³/mol. The van der Waals surface area contributed by atoms with Crippen LogP contribution in [0.5, 0.6) is 0 Å². The average molecular weight is 541 g/mol. The third-order valence-electron chi connectivity index (χ3n) is 6.54. The van der Waals surface area contributed by atoms with E-state index in [0.29, 0.717) is 11.4 Å². The van der Waals surface area contributed by atoms with Gasteiger partial charge in [0.15, 0.2) is 0 Å². The Morgan fingerprint density at radius 1 is 0.744 bits per heavy atom. The minimum atomic E-state index is -0.675. The van der Waals surface area contributed by atoms with Gasteiger partial charge in [0.2, 0.25) is 0 Å². The van der Waals surface area contributed by atoms with Gasteiger partial charge in [-0.25, -0.2) is 9.59 Å². The van der Waals surface area contributed by atoms with Crippen LogP contribution < -0.4 is 0 Å². The Hall–Kier alpha value is -4.08. The second-order valence-corrected chi connectivity index (χ2v) is 10.3. The first-order valence-electron chi connectivity index (χ1n) is 12.8. The number of hydrogen-bond donors (Lipinski definition) is 2. The van der Waals surface area contributed by atoms with Crippen LogP contribution in [0, 0.1) is 5.41 Å². The van der Waals surface area contributed by atoms with E-state index in [4.69, 9.17) is 9.47 Å². The van der Waals surface area contributed by atoms with Crippen molar-refractivity contribution in [3.8, 4) is 0 Å². The Morgan fingerprint density at radius 2 is 1.08 bits per heavy atom. The second kappa shape index (κ2) is 14.8. The van der Waals surface area contributed by atoms with Crippen LogP contribution in [0.1, 0.15) is 52.7 Å². The van der Waals surface area contributed by atoms with Gasteiger partial charge >= 0.3 is 12.2 Å². The van der Waals surface area contributed by atoms with Crippen molar-refractivity contribution in [2.75, 3.05) is 13.1 Å². The molecule has 0 heterocycles. The molecule has 0 aliphatic carbocycles. The SMILES string of the molecule is C/C(=N\O)[C@@H](C)N(CC(C)(C)CN(C(=O)OCc1ccccc1)[C@H](C)/C(C)=N/O)C(=O)OCc1ccccc1. The minimum absolute atomic E-state index is 0.0831. The first-order chi connectivity index (χ1) is 18.5. The Labute approximate surface area is 230 Å². The van der Waals surface area contributed by atoms with E-state index in [0.717, 1.165) is 11.1 Å². The third kappa shape index (κ3) is 9.63. The van der Waals surface area contributed by atoms with E-state index in [1.165, 1.54) is 9.80 Å². The van der Waals surface area contributed by atoms with Crippen LogP contribution in [-0.2, 0) is 22.7 Å². The highest BCUT2D eigenvalue weighted by Crippen LogP contribution is 2.24. The van der Waals surface area contributed by atoms with Crippen LogP contribution in [-0.4, -0.2) is 69.0 Å². The van der Waals surface area contributed by atoms with Gasteiger partial charge in [0.25, 0.3) is 0 Å². The normalized spacial score (nSPS) is 13.8. The second-order valence-electron chi connectivity index (χ2n) is 10.3. The average Bonchev–Trinajstić information content (AvgIpc) is 2.95. The van der Waals surface area contributed by atoms with Crippen molar-refractivity contribution >= 4 is 23.6 Å². The summed E-state index contributed by atoms with van der Waals surface area (Å²) in [7, 11) is 0. The Bertz CT molecular complexity index is 1030. The van der Waals surface area contributed by atoms with E-state index in [2.05, 4.69) is 10.3 Å². The van der Waals surface area contributed by atoms with Crippen molar-refractivity contribution in [2.24, 2.45) is 15.7 Å². The van der Waals surface area contributed by atoms with Gasteiger partial charge in [0.1, 0.15) is 13.2 Å². The molecule has 0 spiro atoms. The Kier molecular flexibility index (Phi) is 11.8. The van der Waals surface area contributed by atoms with Crippen LogP contribution in [0.15, 0.2) is 71.0 Å². The van der Waals surface area contributed by atoms with E-state index in [1.54, 1.807) is 27.7 Å². The summed E-state index contributed by atoms with van der Waals surface area (Å²) in [6, 6.07) is 17.5. The van der Waals surface area contributed by atoms with Gasteiger partial charge in [0.05, 0.1) is 23.5 Å². The molecule has 2 amide bonds. The number of nitrogens with zero attached hydrogens (tertiary/aromatic N) is 4. The van der Waals surface area contributed by atoms with Crippen LogP contribution in [0.25, 0.3) is 0 Å². The number of hydrogen-bond acceptors (Lipinski definition) is 8. The summed E-state index contributed by atoms with van der Waals surface area (Å²) in [6.45, 7) is 11.0. The molecule has 0 fully saturated rings. The lowest BCUT2D eigenvalue weighted by molar-refractivity contribution is 0.0527. The quantitative estimate of drug-likeness (QED) is 0.200. The molecule has 10 heteroatoms. The van der Waals surface area contributed by atoms with Gasteiger partial charge in [0, 0.05) is 18.5 Å². The first-order valence-corrected chi connectivity index (χ1v) is 12.8. The van der Waals surface area contributed by atoms with Crippen LogP contribution in [0.2, 0.25) is 0 Å². The van der Waals surface area contributed by atoms with Gasteiger partial charge in [-0.1, -0.05) is 84.8 Å². The lowest BCUT2D eigenvalue weighted by Gasteiger charge is -2.39. The van der Waals surface area contributed by atoms with Crippen LogP contribution in [0.3, 0.4) is 0 Å². The smallest absolute Gasteiger partial charge is 0.410 e. The zero-order valence-electron chi connectivity index (χ0n) is 23.6. The molecule has 212 valence electrons. The van der Waals surface area contributed by atoms with Crippen molar-refractivity contribution in [1.29, 1.82) is 0 Å². The van der Waals surface area contributed by atoms with Gasteiger partial charge in [-0.3, -0.25) is 9.80 Å². The third-order valence-corrected chi connectivity index (χ3v) is 6.54. The zero-order valence-corrected chi connectivity index (χ0v) is 23.6. The highest BCUT2D eigenvalue weighted by Gasteiger charge is 2.35. The molecule has 0 bridgehead atoms. The van der Waals surface area contributed by atoms with Crippen molar-refractivity contribution in [3.05, 3.63) is 71.8 Å². The lowest BCUT2D eigenvalue weighted by atomic mass is 9.90. The molecule has 0 radical (unpaired) electrons. The topological polar surface area (TPSA) is 124 Å². The van der Waals surface area contributed by atoms with E-state index >= 15 is 0 Å². The maximum Gasteiger partial charge on any atom is 0.410 e. The molecular weight excluding hydrogens is 500 g/mol. The van der Waals surface area contributed by atoms with Crippen LogP contribution in [0.4, 0.5) is 9.59 Å². The molecule has 2 rings (SSSR count). The standard InChI is InChI=1S/C29H40N4O6/c1-21(30-36)23(3)32(27(34)38-17-25-13-9-7-10-14-25)19-29(5,6)20-33(24(4)22(2)31-37)28(35)39-18-26-15-11-8-12-16-26/h7-16,23-24,36-37H,17-20H2,1-6H3/b30-21+,31-22+/t23-,24-/m1/s1. The highest BCUT2D eigenvalue weighted by atomic mass is 16.6. The van der Waals surface area contributed by atoms with Crippen molar-refractivity contribution in [1.82, 2.24) is 9.80 Å². The molecule has 2 aromatic carbocycles. The van der Waals surface area contributed by atoms with Crippen molar-refractivity contribution in [3.63, 3.8) is 0 Å². The number of amides is 2. The zero-order chi connectivity index (χ0) is 29.0. The van der Waals surface area contributed by atoms with Gasteiger partial charge < -0.3 is 19.9 Å². The number of oxime groups is 2. The summed E-state index contributed by atoms with van der Waals surface area (Å²) in [4.78, 5) is 29.4. The summed E-state index contributed by atoms with van der Waals surface area (Å²) in [5.74, 6) is 0. The molecular formula is C29H40N4O6. The van der Waals surface area contributed by atoms with Gasteiger partial charge in [-0.05, 0) is 38.8 Å². The molecule has 2 atom stereocenters. The van der Waals surface area contributed by atoms with Crippen molar-refractivity contribution in [2.45, 2.75) is 66.8 Å². The molecule has 10 nitrogen and oxygen atoms in total. The number of rotatable bonds is 12. The largest absolute Gasteiger partial charge is 0.445 e. The monoisotopic (exact) mass is 540 g/mol. The van der Waals surface area contributed by atoms with Gasteiger partial charge in [-0.15, -0.1) is 0 Å². The number of benzene rings is 2. The lowest BCUT2D eigenvalue weighted by Crippen LogP contribution is -2.53. The first kappa shape index (κ1) is 31.1. The number of carbonyl (C=O) groups excluding carboxylic acids is 2. The van der Waals surface area contributed by atoms with Crippen molar-refractivity contribution < 1.29 is 29.5 Å². The summed E-state index contributed by atoms with van der Waals surface area (Å²) in [6.07, 6.45) is -1.16. The van der Waals surface area contributed by atoms with E-state index < -0.39 is 29.7 Å². The molecule has 39 heavy (non-hydrogen) atoms. The maximum atomic E-state index is 13.2. The molecule has 0 saturated carbocycles. The summed E-state index contributed by atoms with van der Waals surface area (Å²) in [5.41, 5.74) is 1.66. The predicted octanol–water partition coefficient (Wildman–Crippen LogP) is 5.77. The van der Waals surface area contributed by atoms with E-state index in [9.17, 15) is 20.0 Å². The molecule has 2 aromatic rings. The fourth-order valence-corrected chi connectivity index (χ4v) is 3.91. The minimum Gasteiger partial charge on any atom is -0.445 e. The molecule has 0 aliphatic rings. The van der Waals surface area contributed by atoms with E-state index in [1.807, 2.05) is 74.5 Å². The maximum absolute atomic E-state index is 13.2. The van der Waals surface area contributed by atoms with Crippen LogP contribution >= 0.6 is 0 Å². The molecule has 0 aromatic heterocycles. The fourth-order valence-electron chi connectivity index (χ4n) is 3.91. The number of carbonyl (C=O) groups is 2. The van der Waals surface area contributed by atoms with Gasteiger partial charge in [-0.2, -0.15) is 0 Å². The van der Waals surface area contributed by atoms with E-state index in [-0.39, 0.29) is 26.3 Å². The summed E-state index contributed by atoms with van der Waals surface area (Å²) < 4.78 is 11.2. The highest BCUT2D eigenvalue weighted by molar-refractivity contribution is 5.90. The molecule has 0 unspecified atom stereocenters. The fraction of sp³-hybridized carbons (Fsp3) is 0.448. The Balaban J connectivity index is 2.24. The summed E-state index contributed by atoms with van der Waals surface area (Å²) >= 11 is 0. The molecule has 0 aliphatic heterocycles.